The van der Waals surface area contributed by atoms with Gasteiger partial charge in [0, 0.05) is 6.54 Å². The minimum Gasteiger partial charge on any atom is -0.433 e. The molecule has 0 unspecified atom stereocenters. The maximum atomic E-state index is 12.0. The van der Waals surface area contributed by atoms with E-state index < -0.39 is 16.6 Å². The lowest BCUT2D eigenvalue weighted by Crippen LogP contribution is -2.26. The molecule has 9 heteroatoms. The Morgan fingerprint density at radius 3 is 2.63 bits per heavy atom. The first-order chi connectivity index (χ1) is 8.86. The van der Waals surface area contributed by atoms with Crippen molar-refractivity contribution in [2.24, 2.45) is 5.73 Å². The van der Waals surface area contributed by atoms with E-state index in [2.05, 4.69) is 9.46 Å². The maximum absolute atomic E-state index is 12.0. The van der Waals surface area contributed by atoms with E-state index in [4.69, 9.17) is 17.3 Å². The van der Waals surface area contributed by atoms with Gasteiger partial charge in [-0.25, -0.2) is 13.1 Å². The molecular weight excluding hydrogens is 302 g/mol. The molecule has 0 saturated heterocycles. The van der Waals surface area contributed by atoms with Crippen molar-refractivity contribution >= 4 is 21.6 Å². The Hall–Kier alpha value is -0.960. The molecule has 0 amide bonds. The normalized spacial score (nSPS) is 11.8. The van der Waals surface area contributed by atoms with Crippen LogP contribution in [0.2, 0.25) is 5.02 Å². The van der Waals surface area contributed by atoms with E-state index in [0.29, 0.717) is 13.0 Å². The molecule has 0 heterocycles. The topological polar surface area (TPSA) is 81.4 Å². The first-order valence-corrected chi connectivity index (χ1v) is 7.17. The van der Waals surface area contributed by atoms with E-state index in [1.807, 2.05) is 0 Å². The molecular formula is C10H13ClF2N2O3S. The van der Waals surface area contributed by atoms with Crippen LogP contribution in [0.4, 0.5) is 8.78 Å². The smallest absolute Gasteiger partial charge is 0.387 e. The highest BCUT2D eigenvalue weighted by Crippen LogP contribution is 2.28. The van der Waals surface area contributed by atoms with E-state index >= 15 is 0 Å². The lowest BCUT2D eigenvalue weighted by molar-refractivity contribution is -0.0498. The molecule has 0 radical (unpaired) electrons. The second-order valence-electron chi connectivity index (χ2n) is 3.51. The van der Waals surface area contributed by atoms with Gasteiger partial charge >= 0.3 is 6.61 Å². The summed E-state index contributed by atoms with van der Waals surface area (Å²) in [5.41, 5.74) is 5.24. The fourth-order valence-electron chi connectivity index (χ4n) is 1.23. The summed E-state index contributed by atoms with van der Waals surface area (Å²) in [6.07, 6.45) is 0.486. The first kappa shape index (κ1) is 16.1. The number of alkyl halides is 2. The second kappa shape index (κ2) is 6.99. The molecule has 0 atom stereocenters. The molecule has 1 aromatic carbocycles. The molecule has 5 nitrogen and oxygen atoms in total. The molecule has 0 aromatic heterocycles. The minimum atomic E-state index is -3.73. The molecule has 0 bridgehead atoms. The average molecular weight is 315 g/mol. The summed E-state index contributed by atoms with van der Waals surface area (Å²) in [6, 6.07) is 3.25. The van der Waals surface area contributed by atoms with Crippen molar-refractivity contribution in [2.45, 2.75) is 17.9 Å². The molecule has 3 N–H and O–H groups in total. The van der Waals surface area contributed by atoms with Crippen LogP contribution in [-0.2, 0) is 10.0 Å². The fraction of sp³-hybridized carbons (Fsp3) is 0.400. The van der Waals surface area contributed by atoms with Gasteiger partial charge in [0.1, 0.15) is 5.75 Å². The standard InChI is InChI=1S/C10H13ClF2N2O3S/c11-8-6-7(2-3-9(8)18-10(12)13)19(16,17)15-5-1-4-14/h2-3,6,10,15H,1,4-5,14H2. The van der Waals surface area contributed by atoms with Crippen LogP contribution < -0.4 is 15.2 Å². The van der Waals surface area contributed by atoms with Crippen molar-refractivity contribution in [2.75, 3.05) is 13.1 Å². The Labute approximate surface area is 114 Å². The first-order valence-electron chi connectivity index (χ1n) is 5.31. The summed E-state index contributed by atoms with van der Waals surface area (Å²) in [5, 5.41) is -0.206. The molecule has 0 fully saturated rings. The van der Waals surface area contributed by atoms with Crippen LogP contribution in [0.3, 0.4) is 0 Å². The van der Waals surface area contributed by atoms with Crippen LogP contribution >= 0.6 is 11.6 Å². The highest BCUT2D eigenvalue weighted by atomic mass is 35.5. The van der Waals surface area contributed by atoms with Gasteiger partial charge in [-0.2, -0.15) is 8.78 Å². The van der Waals surface area contributed by atoms with Gasteiger partial charge in [-0.05, 0) is 31.2 Å². The molecule has 1 rings (SSSR count). The highest BCUT2D eigenvalue weighted by molar-refractivity contribution is 7.89. The number of halogens is 3. The number of benzene rings is 1. The van der Waals surface area contributed by atoms with Crippen molar-refractivity contribution < 1.29 is 21.9 Å². The van der Waals surface area contributed by atoms with Crippen LogP contribution in [0.25, 0.3) is 0 Å². The van der Waals surface area contributed by atoms with Gasteiger partial charge in [-0.3, -0.25) is 0 Å². The molecule has 108 valence electrons. The van der Waals surface area contributed by atoms with Crippen LogP contribution in [-0.4, -0.2) is 28.1 Å². The van der Waals surface area contributed by atoms with Crippen molar-refractivity contribution in [3.8, 4) is 5.75 Å². The third-order valence-corrected chi connectivity index (χ3v) is 3.86. The molecule has 0 aliphatic heterocycles. The lowest BCUT2D eigenvalue weighted by atomic mass is 10.3. The SMILES string of the molecule is NCCCNS(=O)(=O)c1ccc(OC(F)F)c(Cl)c1. The number of nitrogens with one attached hydrogen (secondary N) is 1. The summed E-state index contributed by atoms with van der Waals surface area (Å²) >= 11 is 5.67. The van der Waals surface area contributed by atoms with Crippen LogP contribution in [0.15, 0.2) is 23.1 Å². The maximum Gasteiger partial charge on any atom is 0.387 e. The largest absolute Gasteiger partial charge is 0.433 e. The average Bonchev–Trinajstić information content (AvgIpc) is 2.31. The third kappa shape index (κ3) is 4.90. The van der Waals surface area contributed by atoms with Crippen LogP contribution in [0, 0.1) is 0 Å². The van der Waals surface area contributed by atoms with E-state index in [9.17, 15) is 17.2 Å². The van der Waals surface area contributed by atoms with Gasteiger partial charge in [0.2, 0.25) is 10.0 Å². The lowest BCUT2D eigenvalue weighted by Gasteiger charge is -2.09. The van der Waals surface area contributed by atoms with Gasteiger partial charge in [0.05, 0.1) is 9.92 Å². The van der Waals surface area contributed by atoms with Gasteiger partial charge in [-0.1, -0.05) is 11.6 Å². The quantitative estimate of drug-likeness (QED) is 0.749. The number of hydrogen-bond acceptors (Lipinski definition) is 4. The number of ether oxygens (including phenoxy) is 1. The summed E-state index contributed by atoms with van der Waals surface area (Å²) in [4.78, 5) is -0.129. The zero-order chi connectivity index (χ0) is 14.5. The number of hydrogen-bond donors (Lipinski definition) is 2. The van der Waals surface area contributed by atoms with Gasteiger partial charge < -0.3 is 10.5 Å². The highest BCUT2D eigenvalue weighted by Gasteiger charge is 2.16. The third-order valence-electron chi connectivity index (χ3n) is 2.10. The monoisotopic (exact) mass is 314 g/mol. The van der Waals surface area contributed by atoms with Gasteiger partial charge in [-0.15, -0.1) is 0 Å². The Morgan fingerprint density at radius 2 is 2.11 bits per heavy atom. The Balaban J connectivity index is 2.87. The predicted molar refractivity (Wildman–Crippen MR) is 66.9 cm³/mol. The number of rotatable bonds is 7. The second-order valence-corrected chi connectivity index (χ2v) is 5.68. The van der Waals surface area contributed by atoms with E-state index in [1.165, 1.54) is 0 Å². The van der Waals surface area contributed by atoms with E-state index in [1.54, 1.807) is 0 Å². The van der Waals surface area contributed by atoms with Crippen LogP contribution in [0.5, 0.6) is 5.75 Å². The summed E-state index contributed by atoms with van der Waals surface area (Å²) < 4.78 is 54.0. The van der Waals surface area contributed by atoms with Gasteiger partial charge in [0.15, 0.2) is 0 Å². The number of sulfonamides is 1. The molecule has 0 saturated carbocycles. The molecule has 1 aromatic rings. The summed E-state index contributed by atoms with van der Waals surface area (Å²) in [6.45, 7) is -2.49. The molecule has 0 aliphatic carbocycles. The zero-order valence-electron chi connectivity index (χ0n) is 9.77. The molecule has 0 aliphatic rings. The molecule has 0 spiro atoms. The van der Waals surface area contributed by atoms with Crippen molar-refractivity contribution in [1.29, 1.82) is 0 Å². The van der Waals surface area contributed by atoms with Crippen LogP contribution in [0.1, 0.15) is 6.42 Å². The zero-order valence-corrected chi connectivity index (χ0v) is 11.3. The van der Waals surface area contributed by atoms with Crippen molar-refractivity contribution in [3.05, 3.63) is 23.2 Å². The van der Waals surface area contributed by atoms with E-state index in [0.717, 1.165) is 18.2 Å². The van der Waals surface area contributed by atoms with Crippen molar-refractivity contribution in [1.82, 2.24) is 4.72 Å². The summed E-state index contributed by atoms with van der Waals surface area (Å²) in [7, 11) is -3.73. The Kier molecular flexibility index (Phi) is 5.92. The van der Waals surface area contributed by atoms with Gasteiger partial charge in [0.25, 0.3) is 0 Å². The summed E-state index contributed by atoms with van der Waals surface area (Å²) in [5.74, 6) is -0.280. The van der Waals surface area contributed by atoms with E-state index in [-0.39, 0.29) is 22.2 Å². The number of nitrogens with two attached hydrogens (primary N) is 1. The minimum absolute atomic E-state index is 0.129. The predicted octanol–water partition coefficient (Wildman–Crippen LogP) is 1.57. The Bertz CT molecular complexity index is 526. The fourth-order valence-corrected chi connectivity index (χ4v) is 2.62. The van der Waals surface area contributed by atoms with Crippen molar-refractivity contribution in [3.63, 3.8) is 0 Å². The Morgan fingerprint density at radius 1 is 1.42 bits per heavy atom. The molecule has 19 heavy (non-hydrogen) atoms.